The van der Waals surface area contributed by atoms with Crippen molar-refractivity contribution in [1.29, 1.82) is 0 Å². The number of furan rings is 1. The maximum absolute atomic E-state index is 5.58. The van der Waals surface area contributed by atoms with Gasteiger partial charge < -0.3 is 14.6 Å². The lowest BCUT2D eigenvalue weighted by molar-refractivity contribution is 0.481. The van der Waals surface area contributed by atoms with Crippen LogP contribution in [0.1, 0.15) is 24.3 Å². The van der Waals surface area contributed by atoms with E-state index in [0.29, 0.717) is 6.54 Å². The zero-order valence-electron chi connectivity index (χ0n) is 11.9. The fourth-order valence-electron chi connectivity index (χ4n) is 1.90. The highest BCUT2D eigenvalue weighted by molar-refractivity contribution is 5.49. The lowest BCUT2D eigenvalue weighted by Gasteiger charge is -2.18. The molecule has 2 rings (SSSR count). The average Bonchev–Trinajstić information content (AvgIpc) is 2.74. The average molecular weight is 260 g/mol. The third kappa shape index (κ3) is 3.47. The highest BCUT2D eigenvalue weighted by Crippen LogP contribution is 2.17. The first kappa shape index (κ1) is 13.4. The monoisotopic (exact) mass is 260 g/mol. The van der Waals surface area contributed by atoms with Crippen molar-refractivity contribution in [2.75, 3.05) is 23.8 Å². The fraction of sp³-hybridized carbons (Fsp3) is 0.429. The first-order chi connectivity index (χ1) is 9.08. The molecular weight excluding hydrogens is 240 g/mol. The van der Waals surface area contributed by atoms with Gasteiger partial charge in [0.1, 0.15) is 29.0 Å². The van der Waals surface area contributed by atoms with E-state index in [9.17, 15) is 0 Å². The Morgan fingerprint density at radius 3 is 2.68 bits per heavy atom. The Kier molecular flexibility index (Phi) is 4.04. The van der Waals surface area contributed by atoms with Crippen molar-refractivity contribution in [1.82, 2.24) is 9.97 Å². The molecule has 2 heterocycles. The molecular formula is C14H20N4O. The predicted molar refractivity (Wildman–Crippen MR) is 76.5 cm³/mol. The molecule has 0 saturated carbocycles. The van der Waals surface area contributed by atoms with Crippen LogP contribution in [0.15, 0.2) is 22.6 Å². The van der Waals surface area contributed by atoms with Gasteiger partial charge in [0.25, 0.3) is 0 Å². The van der Waals surface area contributed by atoms with Gasteiger partial charge in [-0.3, -0.25) is 0 Å². The van der Waals surface area contributed by atoms with Gasteiger partial charge in [0, 0.05) is 19.7 Å². The molecule has 0 aliphatic rings. The first-order valence-electron chi connectivity index (χ1n) is 6.44. The summed E-state index contributed by atoms with van der Waals surface area (Å²) >= 11 is 0. The van der Waals surface area contributed by atoms with Crippen LogP contribution in [0.2, 0.25) is 0 Å². The van der Waals surface area contributed by atoms with Crippen molar-refractivity contribution in [2.45, 2.75) is 27.3 Å². The van der Waals surface area contributed by atoms with Crippen LogP contribution < -0.4 is 10.2 Å². The van der Waals surface area contributed by atoms with Gasteiger partial charge in [0.05, 0.1) is 6.54 Å². The van der Waals surface area contributed by atoms with E-state index in [-0.39, 0.29) is 0 Å². The zero-order chi connectivity index (χ0) is 13.8. The Labute approximate surface area is 113 Å². The molecule has 0 atom stereocenters. The van der Waals surface area contributed by atoms with Gasteiger partial charge in [-0.15, -0.1) is 0 Å². The summed E-state index contributed by atoms with van der Waals surface area (Å²) in [6, 6.07) is 5.91. The van der Waals surface area contributed by atoms with Crippen LogP contribution in [-0.4, -0.2) is 23.6 Å². The van der Waals surface area contributed by atoms with Gasteiger partial charge in [-0.25, -0.2) is 9.97 Å². The molecule has 1 N–H and O–H groups in total. The van der Waals surface area contributed by atoms with E-state index in [1.54, 1.807) is 0 Å². The first-order valence-corrected chi connectivity index (χ1v) is 6.44. The molecule has 2 aromatic rings. The summed E-state index contributed by atoms with van der Waals surface area (Å²) in [6.07, 6.45) is 0. The van der Waals surface area contributed by atoms with E-state index < -0.39 is 0 Å². The van der Waals surface area contributed by atoms with E-state index in [0.717, 1.165) is 35.5 Å². The van der Waals surface area contributed by atoms with Crippen molar-refractivity contribution < 1.29 is 4.42 Å². The van der Waals surface area contributed by atoms with Crippen LogP contribution in [0.3, 0.4) is 0 Å². The molecule has 2 aromatic heterocycles. The third-order valence-electron chi connectivity index (χ3n) is 2.76. The predicted octanol–water partition coefficient (Wildman–Crippen LogP) is 2.75. The van der Waals surface area contributed by atoms with Crippen LogP contribution >= 0.6 is 0 Å². The van der Waals surface area contributed by atoms with Crippen LogP contribution in [0, 0.1) is 13.8 Å². The normalized spacial score (nSPS) is 10.5. The molecule has 5 nitrogen and oxygen atoms in total. The van der Waals surface area contributed by atoms with Gasteiger partial charge in [0.2, 0.25) is 0 Å². The summed E-state index contributed by atoms with van der Waals surface area (Å²) in [5, 5.41) is 3.21. The standard InChI is InChI=1S/C14H20N4O/c1-5-15-13-8-14(17-11(3)16-13)18(4)9-12-7-6-10(2)19-12/h6-8H,5,9H2,1-4H3,(H,15,16,17). The van der Waals surface area contributed by atoms with E-state index in [4.69, 9.17) is 4.42 Å². The van der Waals surface area contributed by atoms with E-state index >= 15 is 0 Å². The third-order valence-corrected chi connectivity index (χ3v) is 2.76. The topological polar surface area (TPSA) is 54.2 Å². The number of aryl methyl sites for hydroxylation is 2. The van der Waals surface area contributed by atoms with Gasteiger partial charge in [-0.1, -0.05) is 0 Å². The lowest BCUT2D eigenvalue weighted by Crippen LogP contribution is -2.18. The van der Waals surface area contributed by atoms with Crippen LogP contribution in [0.5, 0.6) is 0 Å². The fourth-order valence-corrected chi connectivity index (χ4v) is 1.90. The van der Waals surface area contributed by atoms with Crippen LogP contribution in [0.4, 0.5) is 11.6 Å². The second-order valence-corrected chi connectivity index (χ2v) is 4.56. The maximum atomic E-state index is 5.58. The Morgan fingerprint density at radius 2 is 2.05 bits per heavy atom. The number of nitrogens with one attached hydrogen (secondary N) is 1. The van der Waals surface area contributed by atoms with Crippen LogP contribution in [-0.2, 0) is 6.54 Å². The number of hydrogen-bond acceptors (Lipinski definition) is 5. The Hall–Kier alpha value is -2.04. The van der Waals surface area contributed by atoms with Gasteiger partial charge in [-0.2, -0.15) is 0 Å². The smallest absolute Gasteiger partial charge is 0.134 e. The summed E-state index contributed by atoms with van der Waals surface area (Å²) < 4.78 is 5.58. The molecule has 0 aliphatic carbocycles. The molecule has 0 aromatic carbocycles. The second kappa shape index (κ2) is 5.73. The summed E-state index contributed by atoms with van der Waals surface area (Å²) in [7, 11) is 2.00. The van der Waals surface area contributed by atoms with Crippen molar-refractivity contribution in [3.63, 3.8) is 0 Å². The Balaban J connectivity index is 2.15. The molecule has 0 aliphatic heterocycles. The van der Waals surface area contributed by atoms with Gasteiger partial charge >= 0.3 is 0 Å². The number of hydrogen-bond donors (Lipinski definition) is 1. The summed E-state index contributed by atoms with van der Waals surface area (Å²) in [4.78, 5) is 10.8. The minimum absolute atomic E-state index is 0.690. The molecule has 0 unspecified atom stereocenters. The van der Waals surface area contributed by atoms with Crippen molar-refractivity contribution in [2.24, 2.45) is 0 Å². The summed E-state index contributed by atoms with van der Waals surface area (Å²) in [6.45, 7) is 7.43. The maximum Gasteiger partial charge on any atom is 0.134 e. The largest absolute Gasteiger partial charge is 0.464 e. The molecule has 0 fully saturated rings. The van der Waals surface area contributed by atoms with Crippen molar-refractivity contribution in [3.8, 4) is 0 Å². The van der Waals surface area contributed by atoms with E-state index in [1.165, 1.54) is 0 Å². The number of anilines is 2. The summed E-state index contributed by atoms with van der Waals surface area (Å²) in [5.41, 5.74) is 0. The molecule has 0 radical (unpaired) electrons. The summed E-state index contributed by atoms with van der Waals surface area (Å²) in [5.74, 6) is 4.36. The molecule has 19 heavy (non-hydrogen) atoms. The number of aromatic nitrogens is 2. The molecule has 0 bridgehead atoms. The van der Waals surface area contributed by atoms with Gasteiger partial charge in [0.15, 0.2) is 0 Å². The molecule has 0 amide bonds. The number of rotatable bonds is 5. The minimum atomic E-state index is 0.690. The minimum Gasteiger partial charge on any atom is -0.464 e. The molecule has 0 spiro atoms. The molecule has 5 heteroatoms. The van der Waals surface area contributed by atoms with Crippen molar-refractivity contribution >= 4 is 11.6 Å². The highest BCUT2D eigenvalue weighted by atomic mass is 16.3. The lowest BCUT2D eigenvalue weighted by atomic mass is 10.4. The quantitative estimate of drug-likeness (QED) is 0.895. The SMILES string of the molecule is CCNc1cc(N(C)Cc2ccc(C)o2)nc(C)n1. The van der Waals surface area contributed by atoms with E-state index in [1.807, 2.05) is 50.9 Å². The van der Waals surface area contributed by atoms with E-state index in [2.05, 4.69) is 15.3 Å². The Bertz CT molecular complexity index is 550. The second-order valence-electron chi connectivity index (χ2n) is 4.56. The zero-order valence-corrected chi connectivity index (χ0v) is 11.9. The number of nitrogens with zero attached hydrogens (tertiary/aromatic N) is 3. The Morgan fingerprint density at radius 1 is 1.26 bits per heavy atom. The van der Waals surface area contributed by atoms with Crippen molar-refractivity contribution in [3.05, 3.63) is 35.5 Å². The van der Waals surface area contributed by atoms with Crippen LogP contribution in [0.25, 0.3) is 0 Å². The molecule has 0 saturated heterocycles. The highest BCUT2D eigenvalue weighted by Gasteiger charge is 2.09. The molecule has 102 valence electrons. The van der Waals surface area contributed by atoms with Gasteiger partial charge in [-0.05, 0) is 32.9 Å².